The second kappa shape index (κ2) is 7.76. The van der Waals surface area contributed by atoms with E-state index in [1.54, 1.807) is 6.07 Å². The average Bonchev–Trinajstić information content (AvgIpc) is 3.43. The van der Waals surface area contributed by atoms with Crippen molar-refractivity contribution in [3.63, 3.8) is 0 Å². The third-order valence-corrected chi connectivity index (χ3v) is 6.45. The number of nitrogens with one attached hydrogen (secondary N) is 2. The second-order valence-electron chi connectivity index (χ2n) is 8.48. The van der Waals surface area contributed by atoms with Gasteiger partial charge in [0, 0.05) is 11.9 Å². The highest BCUT2D eigenvalue weighted by Crippen LogP contribution is 2.35. The van der Waals surface area contributed by atoms with E-state index in [-0.39, 0.29) is 11.9 Å². The second-order valence-corrected chi connectivity index (χ2v) is 8.48. The Morgan fingerprint density at radius 1 is 1.15 bits per heavy atom. The van der Waals surface area contributed by atoms with Gasteiger partial charge in [-0.2, -0.15) is 5.26 Å². The number of hydrogen-bond donors (Lipinski definition) is 2. The van der Waals surface area contributed by atoms with E-state index in [2.05, 4.69) is 20.9 Å². The summed E-state index contributed by atoms with van der Waals surface area (Å²) >= 11 is 0. The summed E-state index contributed by atoms with van der Waals surface area (Å²) in [4.78, 5) is 18.3. The predicted molar refractivity (Wildman–Crippen MR) is 123 cm³/mol. The van der Waals surface area contributed by atoms with Gasteiger partial charge in [0.25, 0.3) is 0 Å². The van der Waals surface area contributed by atoms with Crippen molar-refractivity contribution in [1.29, 1.82) is 5.26 Å². The maximum Gasteiger partial charge on any atom is 0.244 e. The molecule has 1 aromatic heterocycles. The number of carbonyl (C=O) groups excluding carboxylic acids is 1. The van der Waals surface area contributed by atoms with Crippen LogP contribution in [-0.4, -0.2) is 23.5 Å². The molecule has 7 heteroatoms. The summed E-state index contributed by atoms with van der Waals surface area (Å²) in [5.74, 6) is 1.24. The fourth-order valence-corrected chi connectivity index (χ4v) is 4.72. The van der Waals surface area contributed by atoms with Crippen LogP contribution in [0.15, 0.2) is 67.1 Å². The molecule has 0 saturated carbocycles. The summed E-state index contributed by atoms with van der Waals surface area (Å²) in [5.41, 5.74) is 3.43. The molecule has 1 atom stereocenters. The molecule has 0 aliphatic carbocycles. The Hall–Kier alpha value is -4.15. The zero-order chi connectivity index (χ0) is 22.4. The topological polar surface area (TPSA) is 85.0 Å². The van der Waals surface area contributed by atoms with Gasteiger partial charge in [-0.1, -0.05) is 24.3 Å². The molecular formula is C26H22N5O2+. The van der Waals surface area contributed by atoms with E-state index < -0.39 is 0 Å². The maximum absolute atomic E-state index is 13.3. The first-order valence-corrected chi connectivity index (χ1v) is 11.0. The number of hydrogen-bond acceptors (Lipinski definition) is 4. The summed E-state index contributed by atoms with van der Waals surface area (Å²) in [6.45, 7) is 1.86. The number of carbonyl (C=O) groups is 1. The highest BCUT2D eigenvalue weighted by Gasteiger charge is 2.33. The van der Waals surface area contributed by atoms with Crippen molar-refractivity contribution in [3.05, 3.63) is 83.9 Å². The number of nitriles is 1. The number of rotatable bonds is 0. The monoisotopic (exact) mass is 436 g/mol. The molecule has 1 unspecified atom stereocenters. The zero-order valence-electron chi connectivity index (χ0n) is 17.9. The van der Waals surface area contributed by atoms with Crippen LogP contribution in [0.5, 0.6) is 11.5 Å². The van der Waals surface area contributed by atoms with Gasteiger partial charge < -0.3 is 9.64 Å². The SMILES string of the molecule is N#Cc1ccc2cc1Oc1ccc3cccc(c3c1)N1CCC(NCc3c[nH]c[n+]3C2)C1=O. The standard InChI is InChI=1S/C26H21N5O2/c27-12-19-5-4-17-10-25(19)33-21-7-6-18-2-1-3-24(22(18)11-21)31-9-8-23(26(31)32)29-14-20-13-28-16-30(20)15-17/h1-7,10-11,13,16,23,29H,8-9,14-15H2/p+1. The summed E-state index contributed by atoms with van der Waals surface area (Å²) < 4.78 is 8.32. The Morgan fingerprint density at radius 3 is 3.00 bits per heavy atom. The Labute approximate surface area is 190 Å². The number of ether oxygens (including phenoxy) is 1. The smallest absolute Gasteiger partial charge is 0.244 e. The summed E-state index contributed by atoms with van der Waals surface area (Å²) in [6.07, 6.45) is 4.61. The molecule has 2 aliphatic rings. The fourth-order valence-electron chi connectivity index (χ4n) is 4.72. The molecule has 2 N–H and O–H groups in total. The highest BCUT2D eigenvalue weighted by atomic mass is 16.5. The maximum atomic E-state index is 13.3. The molecule has 6 bridgehead atoms. The molecule has 6 rings (SSSR count). The van der Waals surface area contributed by atoms with Gasteiger partial charge in [-0.3, -0.25) is 10.1 Å². The molecule has 3 aromatic carbocycles. The van der Waals surface area contributed by atoms with Crippen LogP contribution < -0.4 is 19.5 Å². The third-order valence-electron chi connectivity index (χ3n) is 6.45. The molecule has 33 heavy (non-hydrogen) atoms. The van der Waals surface area contributed by atoms with Gasteiger partial charge in [-0.15, -0.1) is 0 Å². The first-order chi connectivity index (χ1) is 16.2. The molecular weight excluding hydrogens is 414 g/mol. The number of nitrogens with zero attached hydrogens (tertiary/aromatic N) is 3. The van der Waals surface area contributed by atoms with E-state index in [1.807, 2.05) is 66.0 Å². The van der Waals surface area contributed by atoms with Crippen LogP contribution in [0.25, 0.3) is 10.8 Å². The van der Waals surface area contributed by atoms with Crippen LogP contribution in [-0.2, 0) is 17.9 Å². The molecule has 2 aliphatic heterocycles. The van der Waals surface area contributed by atoms with Crippen molar-refractivity contribution in [2.45, 2.75) is 25.6 Å². The molecule has 0 radical (unpaired) electrons. The van der Waals surface area contributed by atoms with Crippen LogP contribution in [0.1, 0.15) is 23.2 Å². The number of imidazole rings is 1. The Kier molecular flexibility index (Phi) is 4.60. The fraction of sp³-hybridized carbons (Fsp3) is 0.192. The molecule has 1 fully saturated rings. The number of H-pyrrole nitrogens is 1. The lowest BCUT2D eigenvalue weighted by molar-refractivity contribution is -0.694. The van der Waals surface area contributed by atoms with E-state index in [9.17, 15) is 10.1 Å². The lowest BCUT2D eigenvalue weighted by Crippen LogP contribution is -2.42. The van der Waals surface area contributed by atoms with Gasteiger partial charge >= 0.3 is 0 Å². The number of amides is 1. The van der Waals surface area contributed by atoms with Gasteiger partial charge in [0.05, 0.1) is 23.8 Å². The van der Waals surface area contributed by atoms with Crippen molar-refractivity contribution in [2.24, 2.45) is 0 Å². The minimum atomic E-state index is -0.225. The highest BCUT2D eigenvalue weighted by molar-refractivity contribution is 6.07. The Balaban J connectivity index is 1.51. The molecule has 0 spiro atoms. The van der Waals surface area contributed by atoms with Gasteiger partial charge in [0.1, 0.15) is 30.3 Å². The molecule has 1 amide bonds. The van der Waals surface area contributed by atoms with E-state index in [4.69, 9.17) is 4.74 Å². The van der Waals surface area contributed by atoms with Crippen LogP contribution >= 0.6 is 0 Å². The quantitative estimate of drug-likeness (QED) is 0.414. The Bertz CT molecular complexity index is 1430. The van der Waals surface area contributed by atoms with E-state index >= 15 is 0 Å². The van der Waals surface area contributed by atoms with Crippen molar-refractivity contribution in [1.82, 2.24) is 10.3 Å². The van der Waals surface area contributed by atoms with Crippen molar-refractivity contribution < 1.29 is 14.1 Å². The minimum Gasteiger partial charge on any atom is -0.456 e. The van der Waals surface area contributed by atoms with E-state index in [0.29, 0.717) is 36.7 Å². The normalized spacial score (nSPS) is 17.6. The summed E-state index contributed by atoms with van der Waals surface area (Å²) in [6, 6.07) is 19.5. The van der Waals surface area contributed by atoms with Crippen molar-refractivity contribution >= 4 is 22.4 Å². The van der Waals surface area contributed by atoms with Crippen LogP contribution in [0.4, 0.5) is 5.69 Å². The Morgan fingerprint density at radius 2 is 2.09 bits per heavy atom. The van der Waals surface area contributed by atoms with Crippen LogP contribution in [0, 0.1) is 11.3 Å². The lowest BCUT2D eigenvalue weighted by atomic mass is 10.1. The number of aromatic amines is 1. The number of anilines is 1. The molecule has 1 saturated heterocycles. The minimum absolute atomic E-state index is 0.0833. The molecule has 4 aromatic rings. The molecule has 7 nitrogen and oxygen atoms in total. The number of benzene rings is 3. The van der Waals surface area contributed by atoms with Gasteiger partial charge in [0.15, 0.2) is 5.69 Å². The van der Waals surface area contributed by atoms with E-state index in [1.165, 1.54) is 0 Å². The lowest BCUT2D eigenvalue weighted by Gasteiger charge is -2.20. The summed E-state index contributed by atoms with van der Waals surface area (Å²) in [7, 11) is 0. The largest absolute Gasteiger partial charge is 0.456 e. The van der Waals surface area contributed by atoms with Crippen LogP contribution in [0.3, 0.4) is 0 Å². The van der Waals surface area contributed by atoms with Gasteiger partial charge in [-0.25, -0.2) is 9.55 Å². The predicted octanol–water partition coefficient (Wildman–Crippen LogP) is 3.38. The molecule has 3 heterocycles. The van der Waals surface area contributed by atoms with Crippen molar-refractivity contribution in [3.8, 4) is 17.6 Å². The first kappa shape index (κ1) is 19.5. The van der Waals surface area contributed by atoms with Gasteiger partial charge in [0.2, 0.25) is 12.2 Å². The number of aromatic nitrogens is 2. The number of fused-ring (bicyclic) bond motifs is 7. The molecule has 162 valence electrons. The van der Waals surface area contributed by atoms with Crippen LogP contribution in [0.2, 0.25) is 0 Å². The third kappa shape index (κ3) is 3.41. The van der Waals surface area contributed by atoms with Gasteiger partial charge in [-0.05, 0) is 47.7 Å². The zero-order valence-corrected chi connectivity index (χ0v) is 17.9. The first-order valence-electron chi connectivity index (χ1n) is 11.0. The van der Waals surface area contributed by atoms with E-state index in [0.717, 1.165) is 34.1 Å². The summed E-state index contributed by atoms with van der Waals surface area (Å²) in [5, 5.41) is 15.1. The average molecular weight is 436 g/mol. The van der Waals surface area contributed by atoms with Crippen molar-refractivity contribution in [2.75, 3.05) is 11.4 Å².